The molecule has 0 unspecified atom stereocenters. The van der Waals surface area contributed by atoms with E-state index < -0.39 is 0 Å². The van der Waals surface area contributed by atoms with Crippen LogP contribution in [0.25, 0.3) is 11.4 Å². The molecule has 5 heterocycles. The number of fused-ring (bicyclic) bond motifs is 2. The van der Waals surface area contributed by atoms with E-state index in [9.17, 15) is 4.79 Å². The molecular formula is C20H19N5O3. The molecule has 1 spiro atoms. The van der Waals surface area contributed by atoms with E-state index in [1.807, 2.05) is 23.2 Å². The molecule has 0 aromatic carbocycles. The van der Waals surface area contributed by atoms with Gasteiger partial charge in [-0.2, -0.15) is 0 Å². The molecule has 8 heteroatoms. The summed E-state index contributed by atoms with van der Waals surface area (Å²) in [5.74, 6) is 1.14. The monoisotopic (exact) mass is 377 g/mol. The Hall–Kier alpha value is -3.13. The number of pyridine rings is 1. The highest BCUT2D eigenvalue weighted by atomic mass is 16.5. The molecular weight excluding hydrogens is 358 g/mol. The summed E-state index contributed by atoms with van der Waals surface area (Å²) in [4.78, 5) is 28.1. The van der Waals surface area contributed by atoms with Crippen molar-refractivity contribution in [3.8, 4) is 11.4 Å². The first-order chi connectivity index (χ1) is 13.6. The summed E-state index contributed by atoms with van der Waals surface area (Å²) in [5.41, 5.74) is 2.83. The Morgan fingerprint density at radius 2 is 2.25 bits per heavy atom. The van der Waals surface area contributed by atoms with Gasteiger partial charge < -0.3 is 14.2 Å². The molecule has 2 aliphatic heterocycles. The van der Waals surface area contributed by atoms with Crippen molar-refractivity contribution in [2.75, 3.05) is 19.7 Å². The highest BCUT2D eigenvalue weighted by Crippen LogP contribution is 2.39. The van der Waals surface area contributed by atoms with Gasteiger partial charge in [0.15, 0.2) is 11.5 Å². The Balaban J connectivity index is 1.48. The predicted molar refractivity (Wildman–Crippen MR) is 98.4 cm³/mol. The molecule has 3 aromatic rings. The third-order valence-electron chi connectivity index (χ3n) is 5.41. The largest absolute Gasteiger partial charge is 0.376 e. The SMILES string of the molecule is Cc1cc(C(=O)N2CC[C@@]3(COCc4cnc(-c5cccnc5)nc43)C2)no1. The van der Waals surface area contributed by atoms with E-state index in [0.29, 0.717) is 43.6 Å². The number of likely N-dealkylation sites (tertiary alicyclic amines) is 1. The van der Waals surface area contributed by atoms with Gasteiger partial charge in [-0.3, -0.25) is 9.78 Å². The molecule has 1 amide bonds. The number of ether oxygens (including phenoxy) is 1. The molecule has 0 aliphatic carbocycles. The van der Waals surface area contributed by atoms with Crippen molar-refractivity contribution < 1.29 is 14.1 Å². The Morgan fingerprint density at radius 3 is 3.04 bits per heavy atom. The molecule has 0 bridgehead atoms. The second-order valence-electron chi connectivity index (χ2n) is 7.38. The number of rotatable bonds is 2. The van der Waals surface area contributed by atoms with Gasteiger partial charge >= 0.3 is 0 Å². The Labute approximate surface area is 161 Å². The summed E-state index contributed by atoms with van der Waals surface area (Å²) >= 11 is 0. The topological polar surface area (TPSA) is 94.2 Å². The maximum atomic E-state index is 12.8. The van der Waals surface area contributed by atoms with Crippen LogP contribution < -0.4 is 0 Å². The van der Waals surface area contributed by atoms with Gasteiger partial charge in [-0.05, 0) is 25.5 Å². The van der Waals surface area contributed by atoms with Crippen LogP contribution in [0.5, 0.6) is 0 Å². The summed E-state index contributed by atoms with van der Waals surface area (Å²) < 4.78 is 10.9. The van der Waals surface area contributed by atoms with E-state index in [4.69, 9.17) is 14.2 Å². The van der Waals surface area contributed by atoms with E-state index >= 15 is 0 Å². The van der Waals surface area contributed by atoms with Crippen molar-refractivity contribution in [2.45, 2.75) is 25.4 Å². The van der Waals surface area contributed by atoms with Crippen LogP contribution in [-0.4, -0.2) is 50.6 Å². The zero-order valence-corrected chi connectivity index (χ0v) is 15.5. The smallest absolute Gasteiger partial charge is 0.276 e. The van der Waals surface area contributed by atoms with Crippen LogP contribution in [0.1, 0.15) is 33.9 Å². The average Bonchev–Trinajstić information content (AvgIpc) is 3.36. The number of aromatic nitrogens is 4. The maximum absolute atomic E-state index is 12.8. The average molecular weight is 377 g/mol. The van der Waals surface area contributed by atoms with Gasteiger partial charge in [0.05, 0.1) is 24.3 Å². The Kier molecular flexibility index (Phi) is 3.94. The van der Waals surface area contributed by atoms with Crippen molar-refractivity contribution in [3.63, 3.8) is 0 Å². The summed E-state index contributed by atoms with van der Waals surface area (Å²) in [7, 11) is 0. The minimum atomic E-state index is -0.331. The van der Waals surface area contributed by atoms with Crippen LogP contribution in [0, 0.1) is 6.92 Å². The fourth-order valence-corrected chi connectivity index (χ4v) is 4.02. The summed E-state index contributed by atoms with van der Waals surface area (Å²) in [6.45, 7) is 3.96. The van der Waals surface area contributed by atoms with Gasteiger partial charge in [-0.1, -0.05) is 5.16 Å². The fraction of sp³-hybridized carbons (Fsp3) is 0.350. The van der Waals surface area contributed by atoms with Crippen molar-refractivity contribution in [2.24, 2.45) is 0 Å². The second kappa shape index (κ2) is 6.49. The predicted octanol–water partition coefficient (Wildman–Crippen LogP) is 2.15. The van der Waals surface area contributed by atoms with Crippen LogP contribution in [0.3, 0.4) is 0 Å². The zero-order valence-electron chi connectivity index (χ0n) is 15.5. The zero-order chi connectivity index (χ0) is 19.1. The first-order valence-electron chi connectivity index (χ1n) is 9.22. The van der Waals surface area contributed by atoms with Gasteiger partial charge in [-0.25, -0.2) is 9.97 Å². The Bertz CT molecular complexity index is 1040. The summed E-state index contributed by atoms with van der Waals surface area (Å²) in [5, 5.41) is 3.86. The quantitative estimate of drug-likeness (QED) is 0.675. The lowest BCUT2D eigenvalue weighted by Gasteiger charge is -2.34. The lowest BCUT2D eigenvalue weighted by Crippen LogP contribution is -2.41. The molecule has 8 nitrogen and oxygen atoms in total. The van der Waals surface area contributed by atoms with E-state index in [1.54, 1.807) is 25.4 Å². The molecule has 0 radical (unpaired) electrons. The van der Waals surface area contributed by atoms with Crippen LogP contribution in [0.15, 0.2) is 41.3 Å². The number of amides is 1. The number of carbonyl (C=O) groups excluding carboxylic acids is 1. The van der Waals surface area contributed by atoms with Crippen molar-refractivity contribution in [3.05, 3.63) is 59.5 Å². The van der Waals surface area contributed by atoms with Crippen LogP contribution >= 0.6 is 0 Å². The van der Waals surface area contributed by atoms with E-state index in [1.165, 1.54) is 0 Å². The second-order valence-corrected chi connectivity index (χ2v) is 7.38. The molecule has 1 saturated heterocycles. The van der Waals surface area contributed by atoms with Gasteiger partial charge in [0.1, 0.15) is 5.76 Å². The molecule has 1 atom stereocenters. The van der Waals surface area contributed by atoms with Gasteiger partial charge in [0.2, 0.25) is 0 Å². The van der Waals surface area contributed by atoms with E-state index in [-0.39, 0.29) is 11.3 Å². The lowest BCUT2D eigenvalue weighted by atomic mass is 9.80. The molecule has 142 valence electrons. The molecule has 0 saturated carbocycles. The molecule has 5 rings (SSSR count). The maximum Gasteiger partial charge on any atom is 0.276 e. The van der Waals surface area contributed by atoms with Crippen molar-refractivity contribution >= 4 is 5.91 Å². The number of hydrogen-bond donors (Lipinski definition) is 0. The number of hydrogen-bond acceptors (Lipinski definition) is 7. The minimum absolute atomic E-state index is 0.123. The summed E-state index contributed by atoms with van der Waals surface area (Å²) in [6, 6.07) is 5.48. The van der Waals surface area contributed by atoms with Crippen molar-refractivity contribution in [1.29, 1.82) is 0 Å². The number of carbonyl (C=O) groups is 1. The minimum Gasteiger partial charge on any atom is -0.376 e. The van der Waals surface area contributed by atoms with Crippen LogP contribution in [0.4, 0.5) is 0 Å². The van der Waals surface area contributed by atoms with E-state index in [2.05, 4.69) is 15.1 Å². The molecule has 2 aliphatic rings. The van der Waals surface area contributed by atoms with Crippen LogP contribution in [-0.2, 0) is 16.8 Å². The van der Waals surface area contributed by atoms with Gasteiger partial charge in [0.25, 0.3) is 5.91 Å². The number of nitrogens with zero attached hydrogens (tertiary/aromatic N) is 5. The standard InChI is InChI=1S/C20H19N5O3/c1-13-7-16(24-28-13)19(26)25-6-4-20(11-25)12-27-10-15-9-22-18(23-17(15)20)14-3-2-5-21-8-14/h2-3,5,7-9H,4,6,10-12H2,1H3/t20-/m0/s1. The molecule has 3 aromatic heterocycles. The first kappa shape index (κ1) is 17.0. The Morgan fingerprint density at radius 1 is 1.32 bits per heavy atom. The number of aryl methyl sites for hydroxylation is 1. The van der Waals surface area contributed by atoms with Crippen molar-refractivity contribution in [1.82, 2.24) is 25.0 Å². The molecule has 28 heavy (non-hydrogen) atoms. The van der Waals surface area contributed by atoms with E-state index in [0.717, 1.165) is 23.2 Å². The third kappa shape index (κ3) is 2.77. The third-order valence-corrected chi connectivity index (χ3v) is 5.41. The normalized spacial score (nSPS) is 21.1. The fourth-order valence-electron chi connectivity index (χ4n) is 4.02. The molecule has 0 N–H and O–H groups in total. The van der Waals surface area contributed by atoms with Gasteiger partial charge in [-0.15, -0.1) is 0 Å². The van der Waals surface area contributed by atoms with Crippen LogP contribution in [0.2, 0.25) is 0 Å². The molecule has 1 fully saturated rings. The highest BCUT2D eigenvalue weighted by Gasteiger charge is 2.46. The lowest BCUT2D eigenvalue weighted by molar-refractivity contribution is 0.0483. The van der Waals surface area contributed by atoms with Gasteiger partial charge in [0, 0.05) is 48.9 Å². The highest BCUT2D eigenvalue weighted by molar-refractivity contribution is 5.92. The first-order valence-corrected chi connectivity index (χ1v) is 9.22. The summed E-state index contributed by atoms with van der Waals surface area (Å²) in [6.07, 6.45) is 6.09.